The smallest absolute Gasteiger partial charge is 0.293 e. The molecule has 1 fully saturated rings. The quantitative estimate of drug-likeness (QED) is 0.538. The lowest BCUT2D eigenvalue weighted by Crippen LogP contribution is -2.40. The molecule has 3 rings (SSSR count). The molecule has 27 heavy (non-hydrogen) atoms. The van der Waals surface area contributed by atoms with Crippen molar-refractivity contribution in [3.05, 3.63) is 40.1 Å². The number of nitrogens with zero attached hydrogens (tertiary/aromatic N) is 4. The fourth-order valence-corrected chi connectivity index (χ4v) is 4.01. The number of hydrogen-bond donors (Lipinski definition) is 1. The van der Waals surface area contributed by atoms with Gasteiger partial charge in [0, 0.05) is 25.6 Å². The molecule has 1 aliphatic heterocycles. The van der Waals surface area contributed by atoms with E-state index in [-0.39, 0.29) is 41.8 Å². The van der Waals surface area contributed by atoms with E-state index in [2.05, 4.69) is 15.5 Å². The molecule has 12 heteroatoms. The Labute approximate surface area is 155 Å². The number of sulfonamides is 1. The van der Waals surface area contributed by atoms with E-state index in [9.17, 15) is 18.5 Å². The maximum Gasteiger partial charge on any atom is 0.293 e. The highest BCUT2D eigenvalue weighted by Gasteiger charge is 2.28. The molecule has 146 valence electrons. The van der Waals surface area contributed by atoms with Crippen molar-refractivity contribution in [2.45, 2.75) is 24.8 Å². The Hall–Kier alpha value is -2.57. The molecule has 0 spiro atoms. The number of anilines is 1. The van der Waals surface area contributed by atoms with Gasteiger partial charge in [0.15, 0.2) is 0 Å². The minimum Gasteiger partial charge on any atom is -0.423 e. The van der Waals surface area contributed by atoms with Crippen molar-refractivity contribution in [2.24, 2.45) is 0 Å². The van der Waals surface area contributed by atoms with E-state index < -0.39 is 14.9 Å². The molecule has 0 bridgehead atoms. The Kier molecular flexibility index (Phi) is 5.68. The number of aryl methyl sites for hydroxylation is 1. The lowest BCUT2D eigenvalue weighted by atomic mass is 10.2. The SMILES string of the molecule is CCc1nnc(CNc2ccc(S(=O)(=O)N3CCOCC3)cc2[N+](=O)[O-])o1. The molecular weight excluding hydrogens is 378 g/mol. The van der Waals surface area contributed by atoms with Gasteiger partial charge < -0.3 is 14.5 Å². The summed E-state index contributed by atoms with van der Waals surface area (Å²) in [4.78, 5) is 10.7. The molecule has 2 heterocycles. The Morgan fingerprint density at radius 1 is 1.26 bits per heavy atom. The van der Waals surface area contributed by atoms with E-state index >= 15 is 0 Å². The summed E-state index contributed by atoms with van der Waals surface area (Å²) in [5.41, 5.74) is -0.184. The first-order chi connectivity index (χ1) is 12.9. The van der Waals surface area contributed by atoms with Gasteiger partial charge in [0.05, 0.1) is 29.6 Å². The third-order valence-electron chi connectivity index (χ3n) is 4.01. The van der Waals surface area contributed by atoms with Crippen molar-refractivity contribution in [3.8, 4) is 0 Å². The van der Waals surface area contributed by atoms with Crippen LogP contribution in [0.4, 0.5) is 11.4 Å². The minimum atomic E-state index is -3.82. The van der Waals surface area contributed by atoms with Gasteiger partial charge in [-0.2, -0.15) is 4.31 Å². The first-order valence-corrected chi connectivity index (χ1v) is 9.77. The number of ether oxygens (including phenoxy) is 1. The molecule has 1 aromatic heterocycles. The number of nitrogens with one attached hydrogen (secondary N) is 1. The highest BCUT2D eigenvalue weighted by atomic mass is 32.2. The van der Waals surface area contributed by atoms with Crippen LogP contribution >= 0.6 is 0 Å². The van der Waals surface area contributed by atoms with E-state index in [1.54, 1.807) is 0 Å². The topological polar surface area (TPSA) is 141 Å². The number of rotatable bonds is 7. The average Bonchev–Trinajstić information content (AvgIpc) is 3.15. The molecule has 0 saturated carbocycles. The summed E-state index contributed by atoms with van der Waals surface area (Å²) in [7, 11) is -3.82. The van der Waals surface area contributed by atoms with Gasteiger partial charge in [0.25, 0.3) is 5.69 Å². The second-order valence-corrected chi connectivity index (χ2v) is 7.69. The molecule has 1 aliphatic rings. The molecule has 0 amide bonds. The first-order valence-electron chi connectivity index (χ1n) is 8.33. The summed E-state index contributed by atoms with van der Waals surface area (Å²) < 4.78 is 37.1. The van der Waals surface area contributed by atoms with E-state index in [1.165, 1.54) is 16.4 Å². The standard InChI is InChI=1S/C15H19N5O6S/c1-2-14-17-18-15(26-14)10-16-12-4-3-11(9-13(12)20(21)22)27(23,24)19-5-7-25-8-6-19/h3-4,9,16H,2,5-8,10H2,1H3. The third kappa shape index (κ3) is 4.23. The fraction of sp³-hybridized carbons (Fsp3) is 0.467. The fourth-order valence-electron chi connectivity index (χ4n) is 2.58. The summed E-state index contributed by atoms with van der Waals surface area (Å²) in [6.45, 7) is 2.97. The van der Waals surface area contributed by atoms with Crippen LogP contribution in [-0.2, 0) is 27.7 Å². The van der Waals surface area contributed by atoms with Gasteiger partial charge in [0.2, 0.25) is 21.8 Å². The van der Waals surface area contributed by atoms with Gasteiger partial charge in [0.1, 0.15) is 5.69 Å². The van der Waals surface area contributed by atoms with Gasteiger partial charge in [-0.05, 0) is 12.1 Å². The van der Waals surface area contributed by atoms with Crippen LogP contribution in [0.3, 0.4) is 0 Å². The first kappa shape index (κ1) is 19.2. The van der Waals surface area contributed by atoms with Gasteiger partial charge in [-0.1, -0.05) is 6.92 Å². The van der Waals surface area contributed by atoms with Crippen molar-refractivity contribution in [3.63, 3.8) is 0 Å². The van der Waals surface area contributed by atoms with Gasteiger partial charge in [-0.15, -0.1) is 10.2 Å². The largest absolute Gasteiger partial charge is 0.423 e. The Balaban J connectivity index is 1.82. The predicted octanol–water partition coefficient (Wildman–Crippen LogP) is 1.17. The van der Waals surface area contributed by atoms with E-state index in [0.717, 1.165) is 6.07 Å². The van der Waals surface area contributed by atoms with E-state index in [4.69, 9.17) is 9.15 Å². The molecule has 2 aromatic rings. The molecular formula is C15H19N5O6S. The number of aromatic nitrogens is 2. The highest BCUT2D eigenvalue weighted by Crippen LogP contribution is 2.29. The number of nitro groups is 1. The highest BCUT2D eigenvalue weighted by molar-refractivity contribution is 7.89. The lowest BCUT2D eigenvalue weighted by molar-refractivity contribution is -0.384. The molecule has 1 saturated heterocycles. The third-order valence-corrected chi connectivity index (χ3v) is 5.91. The van der Waals surface area contributed by atoms with Crippen LogP contribution in [0.15, 0.2) is 27.5 Å². The summed E-state index contributed by atoms with van der Waals surface area (Å²) in [6, 6.07) is 3.76. The molecule has 0 unspecified atom stereocenters. The molecule has 1 aromatic carbocycles. The van der Waals surface area contributed by atoms with Crippen LogP contribution in [0.1, 0.15) is 18.7 Å². The van der Waals surface area contributed by atoms with Crippen molar-refractivity contribution in [2.75, 3.05) is 31.6 Å². The van der Waals surface area contributed by atoms with Crippen LogP contribution in [0.2, 0.25) is 0 Å². The number of hydrogen-bond acceptors (Lipinski definition) is 9. The zero-order valence-corrected chi connectivity index (χ0v) is 15.4. The predicted molar refractivity (Wildman–Crippen MR) is 93.7 cm³/mol. The van der Waals surface area contributed by atoms with E-state index in [1.807, 2.05) is 6.92 Å². The van der Waals surface area contributed by atoms with Crippen molar-refractivity contribution >= 4 is 21.4 Å². The summed E-state index contributed by atoms with van der Waals surface area (Å²) >= 11 is 0. The summed E-state index contributed by atoms with van der Waals surface area (Å²) in [6.07, 6.45) is 0.585. The zero-order chi connectivity index (χ0) is 19.4. The van der Waals surface area contributed by atoms with Crippen LogP contribution in [0.25, 0.3) is 0 Å². The number of benzene rings is 1. The summed E-state index contributed by atoms with van der Waals surface area (Å²) in [5, 5.41) is 21.9. The molecule has 11 nitrogen and oxygen atoms in total. The van der Waals surface area contributed by atoms with Crippen LogP contribution in [0.5, 0.6) is 0 Å². The Morgan fingerprint density at radius 3 is 2.59 bits per heavy atom. The van der Waals surface area contributed by atoms with Gasteiger partial charge >= 0.3 is 0 Å². The van der Waals surface area contributed by atoms with Crippen molar-refractivity contribution < 1.29 is 22.5 Å². The van der Waals surface area contributed by atoms with E-state index in [0.29, 0.717) is 25.5 Å². The molecule has 1 N–H and O–H groups in total. The Morgan fingerprint density at radius 2 is 1.96 bits per heavy atom. The maximum atomic E-state index is 12.7. The minimum absolute atomic E-state index is 0.0867. The molecule has 0 radical (unpaired) electrons. The average molecular weight is 397 g/mol. The van der Waals surface area contributed by atoms with Crippen LogP contribution in [0, 0.1) is 10.1 Å². The monoisotopic (exact) mass is 397 g/mol. The second kappa shape index (κ2) is 7.98. The lowest BCUT2D eigenvalue weighted by Gasteiger charge is -2.26. The second-order valence-electron chi connectivity index (χ2n) is 5.75. The maximum absolute atomic E-state index is 12.7. The summed E-state index contributed by atoms with van der Waals surface area (Å²) in [5.74, 6) is 0.749. The zero-order valence-electron chi connectivity index (χ0n) is 14.6. The number of morpholine rings is 1. The number of nitro benzene ring substituents is 1. The normalized spacial score (nSPS) is 15.6. The molecule has 0 atom stereocenters. The van der Waals surface area contributed by atoms with Crippen LogP contribution < -0.4 is 5.32 Å². The van der Waals surface area contributed by atoms with Gasteiger partial charge in [-0.25, -0.2) is 8.42 Å². The molecule has 0 aliphatic carbocycles. The Bertz CT molecular complexity index is 923. The van der Waals surface area contributed by atoms with Gasteiger partial charge in [-0.3, -0.25) is 10.1 Å². The van der Waals surface area contributed by atoms with Crippen molar-refractivity contribution in [1.82, 2.24) is 14.5 Å². The van der Waals surface area contributed by atoms with Crippen molar-refractivity contribution in [1.29, 1.82) is 0 Å². The van der Waals surface area contributed by atoms with Crippen LogP contribution in [-0.4, -0.2) is 54.1 Å².